The number of aromatic nitrogens is 1. The first-order chi connectivity index (χ1) is 8.28. The van der Waals surface area contributed by atoms with E-state index in [0.29, 0.717) is 11.8 Å². The van der Waals surface area contributed by atoms with Gasteiger partial charge < -0.3 is 4.74 Å². The van der Waals surface area contributed by atoms with Gasteiger partial charge in [-0.05, 0) is 48.2 Å². The van der Waals surface area contributed by atoms with E-state index in [9.17, 15) is 0 Å². The van der Waals surface area contributed by atoms with Crippen molar-refractivity contribution < 1.29 is 4.74 Å². The summed E-state index contributed by atoms with van der Waals surface area (Å²) < 4.78 is 5.65. The Kier molecular flexibility index (Phi) is 4.29. The molecule has 0 atom stereocenters. The summed E-state index contributed by atoms with van der Waals surface area (Å²) in [5.74, 6) is 0.857. The van der Waals surface area contributed by atoms with Gasteiger partial charge in [0, 0.05) is 11.1 Å². The Balaban J connectivity index is 1.97. The maximum atomic E-state index is 5.80. The predicted octanol–water partition coefficient (Wildman–Crippen LogP) is 4.04. The first-order valence-corrected chi connectivity index (χ1v) is 6.75. The van der Waals surface area contributed by atoms with Gasteiger partial charge in [-0.1, -0.05) is 11.6 Å². The third-order valence-electron chi connectivity index (χ3n) is 2.26. The van der Waals surface area contributed by atoms with E-state index in [1.54, 1.807) is 24.0 Å². The normalized spacial score (nSPS) is 10.2. The van der Waals surface area contributed by atoms with Crippen LogP contribution in [0.1, 0.15) is 5.56 Å². The number of rotatable bonds is 4. The first kappa shape index (κ1) is 12.3. The Morgan fingerprint density at radius 3 is 2.65 bits per heavy atom. The Bertz CT molecular complexity index is 487. The number of hydrogen-bond acceptors (Lipinski definition) is 3. The molecule has 0 fully saturated rings. The molecule has 1 heterocycles. The smallest absolute Gasteiger partial charge is 0.129 e. The topological polar surface area (TPSA) is 22.1 Å². The minimum absolute atomic E-state index is 0.490. The summed E-state index contributed by atoms with van der Waals surface area (Å²) in [6, 6.07) is 11.7. The van der Waals surface area contributed by atoms with E-state index in [1.165, 1.54) is 4.90 Å². The highest BCUT2D eigenvalue weighted by atomic mass is 35.5. The van der Waals surface area contributed by atoms with Crippen LogP contribution in [-0.4, -0.2) is 11.2 Å². The van der Waals surface area contributed by atoms with Gasteiger partial charge in [-0.25, -0.2) is 4.98 Å². The predicted molar refractivity (Wildman–Crippen MR) is 71.8 cm³/mol. The highest BCUT2D eigenvalue weighted by molar-refractivity contribution is 7.98. The van der Waals surface area contributed by atoms with Gasteiger partial charge in [-0.15, -0.1) is 11.8 Å². The van der Waals surface area contributed by atoms with E-state index in [2.05, 4.69) is 11.2 Å². The summed E-state index contributed by atoms with van der Waals surface area (Å²) in [7, 11) is 0. The standard InChI is InChI=1S/C13H12ClNOS/c1-17-12-4-2-11(3-5-12)16-9-10-6-7-15-13(14)8-10/h2-8H,9H2,1H3. The molecule has 1 aromatic heterocycles. The molecule has 0 N–H and O–H groups in total. The van der Waals surface area contributed by atoms with Gasteiger partial charge in [-0.3, -0.25) is 0 Å². The number of hydrogen-bond donors (Lipinski definition) is 0. The lowest BCUT2D eigenvalue weighted by molar-refractivity contribution is 0.306. The molecule has 0 saturated heterocycles. The Hall–Kier alpha value is -1.19. The van der Waals surface area contributed by atoms with Crippen molar-refractivity contribution in [3.63, 3.8) is 0 Å². The van der Waals surface area contributed by atoms with E-state index in [0.717, 1.165) is 11.3 Å². The Labute approximate surface area is 110 Å². The summed E-state index contributed by atoms with van der Waals surface area (Å²) in [6.07, 6.45) is 3.73. The van der Waals surface area contributed by atoms with E-state index in [4.69, 9.17) is 16.3 Å². The van der Waals surface area contributed by atoms with Crippen molar-refractivity contribution in [1.82, 2.24) is 4.98 Å². The van der Waals surface area contributed by atoms with Crippen LogP contribution in [0.4, 0.5) is 0 Å². The van der Waals surface area contributed by atoms with Crippen LogP contribution >= 0.6 is 23.4 Å². The minimum atomic E-state index is 0.490. The zero-order valence-electron chi connectivity index (χ0n) is 9.39. The fourth-order valence-electron chi connectivity index (χ4n) is 1.37. The van der Waals surface area contributed by atoms with Crippen LogP contribution in [0.25, 0.3) is 0 Å². The SMILES string of the molecule is CSc1ccc(OCc2ccnc(Cl)c2)cc1. The van der Waals surface area contributed by atoms with Crippen molar-refractivity contribution in [2.45, 2.75) is 11.5 Å². The quantitative estimate of drug-likeness (QED) is 0.615. The molecular weight excluding hydrogens is 254 g/mol. The second kappa shape index (κ2) is 5.94. The molecule has 88 valence electrons. The summed E-state index contributed by atoms with van der Waals surface area (Å²) in [6.45, 7) is 0.501. The number of pyridine rings is 1. The van der Waals surface area contributed by atoms with E-state index in [-0.39, 0.29) is 0 Å². The Morgan fingerprint density at radius 2 is 2.00 bits per heavy atom. The molecule has 0 unspecified atom stereocenters. The van der Waals surface area contributed by atoms with Crippen molar-refractivity contribution in [3.05, 3.63) is 53.3 Å². The lowest BCUT2D eigenvalue weighted by atomic mass is 10.3. The summed E-state index contributed by atoms with van der Waals surface area (Å²) in [5, 5.41) is 0.490. The van der Waals surface area contributed by atoms with Gasteiger partial charge in [0.1, 0.15) is 17.5 Å². The third kappa shape index (κ3) is 3.65. The molecule has 0 aliphatic heterocycles. The second-order valence-electron chi connectivity index (χ2n) is 3.45. The number of nitrogens with zero attached hydrogens (tertiary/aromatic N) is 1. The van der Waals surface area contributed by atoms with E-state index < -0.39 is 0 Å². The average molecular weight is 266 g/mol. The van der Waals surface area contributed by atoms with Crippen molar-refractivity contribution in [2.24, 2.45) is 0 Å². The van der Waals surface area contributed by atoms with Crippen molar-refractivity contribution in [3.8, 4) is 5.75 Å². The molecule has 0 saturated carbocycles. The zero-order valence-corrected chi connectivity index (χ0v) is 11.0. The number of thioether (sulfide) groups is 1. The summed E-state index contributed by atoms with van der Waals surface area (Å²) >= 11 is 7.51. The van der Waals surface area contributed by atoms with Crippen LogP contribution in [-0.2, 0) is 6.61 Å². The molecule has 0 amide bonds. The first-order valence-electron chi connectivity index (χ1n) is 5.15. The van der Waals surface area contributed by atoms with E-state index in [1.807, 2.05) is 30.3 Å². The summed E-state index contributed by atoms with van der Waals surface area (Å²) in [4.78, 5) is 5.15. The number of ether oxygens (including phenoxy) is 1. The average Bonchev–Trinajstić information content (AvgIpc) is 2.37. The molecular formula is C13H12ClNOS. The number of benzene rings is 1. The molecule has 1 aromatic carbocycles. The molecule has 2 aromatic rings. The molecule has 0 spiro atoms. The lowest BCUT2D eigenvalue weighted by Gasteiger charge is -2.06. The molecule has 0 aliphatic rings. The zero-order chi connectivity index (χ0) is 12.1. The fraction of sp³-hybridized carbons (Fsp3) is 0.154. The fourth-order valence-corrected chi connectivity index (χ4v) is 1.98. The highest BCUT2D eigenvalue weighted by Crippen LogP contribution is 2.20. The van der Waals surface area contributed by atoms with Crippen molar-refractivity contribution >= 4 is 23.4 Å². The molecule has 0 aliphatic carbocycles. The van der Waals surface area contributed by atoms with Crippen LogP contribution in [0, 0.1) is 0 Å². The van der Waals surface area contributed by atoms with Gasteiger partial charge in [-0.2, -0.15) is 0 Å². The summed E-state index contributed by atoms with van der Waals surface area (Å²) in [5.41, 5.74) is 1.01. The largest absolute Gasteiger partial charge is 0.489 e. The number of halogens is 1. The molecule has 4 heteroatoms. The van der Waals surface area contributed by atoms with E-state index >= 15 is 0 Å². The molecule has 2 nitrogen and oxygen atoms in total. The van der Waals surface area contributed by atoms with Gasteiger partial charge in [0.25, 0.3) is 0 Å². The Morgan fingerprint density at radius 1 is 1.24 bits per heavy atom. The van der Waals surface area contributed by atoms with Gasteiger partial charge in [0.15, 0.2) is 0 Å². The molecule has 0 bridgehead atoms. The molecule has 17 heavy (non-hydrogen) atoms. The van der Waals surface area contributed by atoms with Crippen LogP contribution in [0.3, 0.4) is 0 Å². The monoisotopic (exact) mass is 265 g/mol. The van der Waals surface area contributed by atoms with Crippen molar-refractivity contribution in [2.75, 3.05) is 6.26 Å². The van der Waals surface area contributed by atoms with Gasteiger partial charge >= 0.3 is 0 Å². The van der Waals surface area contributed by atoms with Crippen molar-refractivity contribution in [1.29, 1.82) is 0 Å². The van der Waals surface area contributed by atoms with Crippen LogP contribution in [0.2, 0.25) is 5.15 Å². The highest BCUT2D eigenvalue weighted by Gasteiger charge is 1.98. The second-order valence-corrected chi connectivity index (χ2v) is 4.72. The maximum absolute atomic E-state index is 5.80. The minimum Gasteiger partial charge on any atom is -0.489 e. The third-order valence-corrected chi connectivity index (χ3v) is 3.21. The molecule has 0 radical (unpaired) electrons. The maximum Gasteiger partial charge on any atom is 0.129 e. The van der Waals surface area contributed by atoms with Crippen LogP contribution in [0.5, 0.6) is 5.75 Å². The molecule has 2 rings (SSSR count). The lowest BCUT2D eigenvalue weighted by Crippen LogP contribution is -1.95. The van der Waals surface area contributed by atoms with Crippen LogP contribution < -0.4 is 4.74 Å². The van der Waals surface area contributed by atoms with Gasteiger partial charge in [0.05, 0.1) is 0 Å². The van der Waals surface area contributed by atoms with Gasteiger partial charge in [0.2, 0.25) is 0 Å². The van der Waals surface area contributed by atoms with Crippen LogP contribution in [0.15, 0.2) is 47.5 Å².